The number of nitrogens with one attached hydrogen (secondary N) is 3. The lowest BCUT2D eigenvalue weighted by molar-refractivity contribution is -0.122. The summed E-state index contributed by atoms with van der Waals surface area (Å²) in [6, 6.07) is 14.9. The van der Waals surface area contributed by atoms with Crippen LogP contribution in [0.25, 0.3) is 10.9 Å². The maximum Gasteiger partial charge on any atom is 0.321 e. The van der Waals surface area contributed by atoms with Gasteiger partial charge in [0, 0.05) is 23.6 Å². The van der Waals surface area contributed by atoms with E-state index in [0.717, 1.165) is 22.0 Å². The highest BCUT2D eigenvalue weighted by atomic mass is 16.5. The van der Waals surface area contributed by atoms with Crippen LogP contribution in [-0.2, 0) is 11.2 Å². The second-order valence-corrected chi connectivity index (χ2v) is 5.97. The summed E-state index contributed by atoms with van der Waals surface area (Å²) in [5, 5.41) is 6.09. The maximum absolute atomic E-state index is 11.8. The highest BCUT2D eigenvalue weighted by molar-refractivity contribution is 5.95. The van der Waals surface area contributed by atoms with Crippen LogP contribution < -0.4 is 15.4 Å². The molecule has 3 aromatic rings. The average Bonchev–Trinajstić information content (AvgIpc) is 3.04. The Morgan fingerprint density at radius 1 is 1.08 bits per heavy atom. The topological polar surface area (TPSA) is 83.2 Å². The van der Waals surface area contributed by atoms with E-state index in [1.165, 1.54) is 0 Å². The minimum Gasteiger partial charge on any atom is -0.483 e. The summed E-state index contributed by atoms with van der Waals surface area (Å²) in [5.41, 5.74) is 3.12. The molecule has 3 rings (SSSR count). The first-order valence-corrected chi connectivity index (χ1v) is 8.44. The van der Waals surface area contributed by atoms with E-state index < -0.39 is 11.9 Å². The molecule has 3 N–H and O–H groups in total. The second kappa shape index (κ2) is 8.20. The minimum atomic E-state index is -0.525. The van der Waals surface area contributed by atoms with Crippen molar-refractivity contribution in [3.8, 4) is 5.75 Å². The maximum atomic E-state index is 11.8. The van der Waals surface area contributed by atoms with Crippen LogP contribution in [-0.4, -0.2) is 30.1 Å². The fourth-order valence-electron chi connectivity index (χ4n) is 2.72. The number of aromatic amines is 1. The van der Waals surface area contributed by atoms with E-state index in [0.29, 0.717) is 18.7 Å². The molecular formula is C20H21N3O3. The monoisotopic (exact) mass is 351 g/mol. The molecule has 0 bridgehead atoms. The zero-order valence-corrected chi connectivity index (χ0v) is 14.5. The number of urea groups is 1. The number of carbonyl (C=O) groups is 2. The van der Waals surface area contributed by atoms with Gasteiger partial charge in [-0.2, -0.15) is 0 Å². The molecule has 0 aliphatic rings. The lowest BCUT2D eigenvalue weighted by Gasteiger charge is -2.09. The quantitative estimate of drug-likeness (QED) is 0.638. The first-order chi connectivity index (χ1) is 12.6. The molecule has 0 aliphatic carbocycles. The van der Waals surface area contributed by atoms with Crippen molar-refractivity contribution in [3.63, 3.8) is 0 Å². The minimum absolute atomic E-state index is 0.208. The van der Waals surface area contributed by atoms with Gasteiger partial charge in [0.15, 0.2) is 6.61 Å². The van der Waals surface area contributed by atoms with Gasteiger partial charge < -0.3 is 15.0 Å². The number of imide groups is 1. The highest BCUT2D eigenvalue weighted by Gasteiger charge is 2.09. The highest BCUT2D eigenvalue weighted by Crippen LogP contribution is 2.17. The number of benzene rings is 2. The molecular weight excluding hydrogens is 330 g/mol. The molecule has 0 unspecified atom stereocenters. The molecule has 0 saturated carbocycles. The van der Waals surface area contributed by atoms with E-state index in [1.54, 1.807) is 6.07 Å². The van der Waals surface area contributed by atoms with Crippen molar-refractivity contribution in [1.29, 1.82) is 0 Å². The molecule has 0 radical (unpaired) electrons. The average molecular weight is 351 g/mol. The smallest absolute Gasteiger partial charge is 0.321 e. The van der Waals surface area contributed by atoms with Crippen LogP contribution in [0.5, 0.6) is 5.75 Å². The number of aryl methyl sites for hydroxylation is 1. The Kier molecular flexibility index (Phi) is 5.53. The molecule has 1 aromatic heterocycles. The number of ether oxygens (including phenoxy) is 1. The zero-order chi connectivity index (χ0) is 18.4. The molecule has 0 atom stereocenters. The van der Waals surface area contributed by atoms with Crippen LogP contribution in [0.15, 0.2) is 54.7 Å². The molecule has 6 heteroatoms. The zero-order valence-electron chi connectivity index (χ0n) is 14.5. The van der Waals surface area contributed by atoms with Crippen LogP contribution in [0.4, 0.5) is 4.79 Å². The van der Waals surface area contributed by atoms with E-state index in [2.05, 4.69) is 15.6 Å². The molecule has 6 nitrogen and oxygen atoms in total. The number of hydrogen-bond acceptors (Lipinski definition) is 3. The normalized spacial score (nSPS) is 10.5. The van der Waals surface area contributed by atoms with Gasteiger partial charge in [-0.15, -0.1) is 0 Å². The summed E-state index contributed by atoms with van der Waals surface area (Å²) in [7, 11) is 0. The number of para-hydroxylation sites is 2. The van der Waals surface area contributed by atoms with Crippen LogP contribution >= 0.6 is 0 Å². The van der Waals surface area contributed by atoms with Crippen molar-refractivity contribution in [1.82, 2.24) is 15.6 Å². The molecule has 0 saturated heterocycles. The Morgan fingerprint density at radius 2 is 1.85 bits per heavy atom. The third kappa shape index (κ3) is 4.42. The van der Waals surface area contributed by atoms with Crippen LogP contribution in [0, 0.1) is 6.92 Å². The van der Waals surface area contributed by atoms with Gasteiger partial charge in [-0.05, 0) is 36.6 Å². The Labute approximate surface area is 151 Å². The van der Waals surface area contributed by atoms with Gasteiger partial charge in [-0.1, -0.05) is 36.4 Å². The molecule has 134 valence electrons. The van der Waals surface area contributed by atoms with Gasteiger partial charge in [0.05, 0.1) is 0 Å². The lowest BCUT2D eigenvalue weighted by atomic mass is 10.1. The third-order valence-corrected chi connectivity index (χ3v) is 4.06. The number of amides is 3. The van der Waals surface area contributed by atoms with Gasteiger partial charge in [-0.25, -0.2) is 4.79 Å². The predicted octanol–water partition coefficient (Wildman–Crippen LogP) is 2.92. The van der Waals surface area contributed by atoms with Crippen molar-refractivity contribution < 1.29 is 14.3 Å². The first kappa shape index (κ1) is 17.5. The van der Waals surface area contributed by atoms with Gasteiger partial charge in [-0.3, -0.25) is 10.1 Å². The van der Waals surface area contributed by atoms with Crippen molar-refractivity contribution in [2.45, 2.75) is 13.3 Å². The summed E-state index contributed by atoms with van der Waals surface area (Å²) in [4.78, 5) is 26.8. The van der Waals surface area contributed by atoms with Crippen molar-refractivity contribution >= 4 is 22.8 Å². The van der Waals surface area contributed by atoms with Gasteiger partial charge in [0.2, 0.25) is 0 Å². The fraction of sp³-hybridized carbons (Fsp3) is 0.200. The van der Waals surface area contributed by atoms with Crippen molar-refractivity contribution in [3.05, 3.63) is 65.9 Å². The first-order valence-electron chi connectivity index (χ1n) is 8.44. The number of H-pyrrole nitrogens is 1. The largest absolute Gasteiger partial charge is 0.483 e. The van der Waals surface area contributed by atoms with E-state index in [4.69, 9.17) is 4.74 Å². The Bertz CT molecular complexity index is 917. The number of carbonyl (C=O) groups excluding carboxylic acids is 2. The fourth-order valence-corrected chi connectivity index (χ4v) is 2.72. The van der Waals surface area contributed by atoms with Crippen LogP contribution in [0.3, 0.4) is 0 Å². The van der Waals surface area contributed by atoms with Crippen LogP contribution in [0.2, 0.25) is 0 Å². The Morgan fingerprint density at radius 3 is 2.69 bits per heavy atom. The Balaban J connectivity index is 1.41. The molecule has 0 aliphatic heterocycles. The molecule has 2 aromatic carbocycles. The summed E-state index contributed by atoms with van der Waals surface area (Å²) in [5.74, 6) is 0.139. The summed E-state index contributed by atoms with van der Waals surface area (Å²) in [6.45, 7) is 2.12. The van der Waals surface area contributed by atoms with E-state index >= 15 is 0 Å². The Hall–Kier alpha value is -3.28. The van der Waals surface area contributed by atoms with Crippen molar-refractivity contribution in [2.24, 2.45) is 0 Å². The van der Waals surface area contributed by atoms with E-state index in [9.17, 15) is 9.59 Å². The second-order valence-electron chi connectivity index (χ2n) is 5.97. The summed E-state index contributed by atoms with van der Waals surface area (Å²) >= 11 is 0. The van der Waals surface area contributed by atoms with Gasteiger partial charge in [0.25, 0.3) is 5.91 Å². The molecule has 0 fully saturated rings. The van der Waals surface area contributed by atoms with E-state index in [-0.39, 0.29) is 6.61 Å². The summed E-state index contributed by atoms with van der Waals surface area (Å²) in [6.07, 6.45) is 2.61. The SMILES string of the molecule is Cc1ccccc1OCC(=O)NC(=O)NCCc1c[nH]c2ccccc12. The molecule has 1 heterocycles. The molecule has 3 amide bonds. The van der Waals surface area contributed by atoms with Crippen LogP contribution in [0.1, 0.15) is 11.1 Å². The standard InChI is InChI=1S/C20H21N3O3/c1-14-6-2-5-9-18(14)26-13-19(24)23-20(25)21-11-10-15-12-22-17-8-4-3-7-16(15)17/h2-9,12,22H,10-11,13H2,1H3,(H2,21,23,24,25). The predicted molar refractivity (Wildman–Crippen MR) is 100 cm³/mol. The van der Waals surface area contributed by atoms with Crippen molar-refractivity contribution in [2.75, 3.05) is 13.2 Å². The van der Waals surface area contributed by atoms with Gasteiger partial charge >= 0.3 is 6.03 Å². The van der Waals surface area contributed by atoms with Gasteiger partial charge in [0.1, 0.15) is 5.75 Å². The van der Waals surface area contributed by atoms with E-state index in [1.807, 2.05) is 55.6 Å². The molecule has 26 heavy (non-hydrogen) atoms. The number of fused-ring (bicyclic) bond motifs is 1. The molecule has 0 spiro atoms. The number of hydrogen-bond donors (Lipinski definition) is 3. The third-order valence-electron chi connectivity index (χ3n) is 4.06. The number of rotatable bonds is 6. The summed E-state index contributed by atoms with van der Waals surface area (Å²) < 4.78 is 5.41. The lowest BCUT2D eigenvalue weighted by Crippen LogP contribution is -2.42. The number of aromatic nitrogens is 1.